The predicted octanol–water partition coefficient (Wildman–Crippen LogP) is 3.56. The average Bonchev–Trinajstić information content (AvgIpc) is 3.03. The van der Waals surface area contributed by atoms with Crippen LogP contribution in [-0.2, 0) is 6.42 Å². The van der Waals surface area contributed by atoms with E-state index in [1.807, 2.05) is 12.3 Å². The van der Waals surface area contributed by atoms with Crippen molar-refractivity contribution in [2.45, 2.75) is 13.3 Å². The van der Waals surface area contributed by atoms with Crippen LogP contribution in [0.25, 0.3) is 11.5 Å². The van der Waals surface area contributed by atoms with E-state index in [1.165, 1.54) is 0 Å². The van der Waals surface area contributed by atoms with Crippen molar-refractivity contribution in [3.05, 3.63) is 44.6 Å². The first-order valence-electron chi connectivity index (χ1n) is 5.84. The molecule has 0 aliphatic carbocycles. The summed E-state index contributed by atoms with van der Waals surface area (Å²) in [7, 11) is 0. The quantitative estimate of drug-likeness (QED) is 0.780. The third-order valence-corrected chi connectivity index (χ3v) is 4.27. The van der Waals surface area contributed by atoms with E-state index in [1.54, 1.807) is 29.5 Å². The second kappa shape index (κ2) is 5.34. The molecule has 7 heteroatoms. The molecular formula is C13H10BrN3O2S. The van der Waals surface area contributed by atoms with Crippen LogP contribution in [0.5, 0.6) is 5.75 Å². The minimum absolute atomic E-state index is 0.137. The molecule has 0 amide bonds. The summed E-state index contributed by atoms with van der Waals surface area (Å²) in [5, 5.41) is 16.5. The normalized spacial score (nSPS) is 10.9. The van der Waals surface area contributed by atoms with E-state index in [4.69, 9.17) is 4.52 Å². The molecule has 0 radical (unpaired) electrons. The van der Waals surface area contributed by atoms with Crippen LogP contribution in [0.15, 0.2) is 32.6 Å². The minimum Gasteiger partial charge on any atom is -0.507 e. The Balaban J connectivity index is 1.84. The van der Waals surface area contributed by atoms with E-state index in [0.717, 1.165) is 10.7 Å². The average molecular weight is 352 g/mol. The lowest BCUT2D eigenvalue weighted by atomic mass is 10.2. The fourth-order valence-electron chi connectivity index (χ4n) is 1.71. The molecule has 1 aromatic carbocycles. The van der Waals surface area contributed by atoms with Gasteiger partial charge in [0, 0.05) is 16.6 Å². The number of aryl methyl sites for hydroxylation is 1. The number of hydrogen-bond acceptors (Lipinski definition) is 6. The Hall–Kier alpha value is -1.73. The summed E-state index contributed by atoms with van der Waals surface area (Å²) < 4.78 is 5.84. The molecule has 2 aromatic heterocycles. The van der Waals surface area contributed by atoms with Gasteiger partial charge in [-0.25, -0.2) is 4.98 Å². The topological polar surface area (TPSA) is 72.0 Å². The molecule has 0 saturated carbocycles. The molecule has 0 fully saturated rings. The van der Waals surface area contributed by atoms with Crippen molar-refractivity contribution in [1.29, 1.82) is 0 Å². The zero-order valence-corrected chi connectivity index (χ0v) is 12.9. The summed E-state index contributed by atoms with van der Waals surface area (Å²) >= 11 is 4.81. The number of aromatic nitrogens is 3. The molecule has 3 aromatic rings. The highest BCUT2D eigenvalue weighted by Crippen LogP contribution is 2.29. The summed E-state index contributed by atoms with van der Waals surface area (Å²) in [5.41, 5.74) is 1.67. The zero-order chi connectivity index (χ0) is 14.1. The molecule has 0 aliphatic heterocycles. The molecule has 0 bridgehead atoms. The van der Waals surface area contributed by atoms with Gasteiger partial charge in [-0.15, -0.1) is 11.3 Å². The number of phenolic OH excluding ortho intramolecular Hbond substituents is 1. The Morgan fingerprint density at radius 3 is 2.90 bits per heavy atom. The van der Waals surface area contributed by atoms with Crippen LogP contribution >= 0.6 is 27.3 Å². The minimum atomic E-state index is 0.137. The number of nitrogens with zero attached hydrogens (tertiary/aromatic N) is 3. The first kappa shape index (κ1) is 13.3. The van der Waals surface area contributed by atoms with Crippen molar-refractivity contribution in [1.82, 2.24) is 15.1 Å². The van der Waals surface area contributed by atoms with Crippen LogP contribution < -0.4 is 0 Å². The Labute approximate surface area is 127 Å². The van der Waals surface area contributed by atoms with Gasteiger partial charge in [0.05, 0.1) is 10.9 Å². The maximum absolute atomic E-state index is 9.66. The van der Waals surface area contributed by atoms with Gasteiger partial charge in [-0.1, -0.05) is 5.16 Å². The van der Waals surface area contributed by atoms with Crippen molar-refractivity contribution >= 4 is 27.3 Å². The highest BCUT2D eigenvalue weighted by molar-refractivity contribution is 9.10. The summed E-state index contributed by atoms with van der Waals surface area (Å²) in [6.07, 6.45) is 0.546. The van der Waals surface area contributed by atoms with Crippen LogP contribution in [0.1, 0.15) is 16.5 Å². The first-order valence-corrected chi connectivity index (χ1v) is 7.51. The number of hydrogen-bond donors (Lipinski definition) is 1. The van der Waals surface area contributed by atoms with Crippen LogP contribution in [0.3, 0.4) is 0 Å². The van der Waals surface area contributed by atoms with Crippen LogP contribution in [0.2, 0.25) is 0 Å². The van der Waals surface area contributed by atoms with Crippen molar-refractivity contribution in [2.75, 3.05) is 0 Å². The third kappa shape index (κ3) is 2.73. The number of benzene rings is 1. The number of rotatable bonds is 3. The number of halogens is 1. The van der Waals surface area contributed by atoms with Crippen molar-refractivity contribution in [3.63, 3.8) is 0 Å². The molecule has 1 N–H and O–H groups in total. The summed E-state index contributed by atoms with van der Waals surface area (Å²) in [5.74, 6) is 1.10. The van der Waals surface area contributed by atoms with Crippen LogP contribution in [0, 0.1) is 6.92 Å². The zero-order valence-electron chi connectivity index (χ0n) is 10.5. The fourth-order valence-corrected chi connectivity index (χ4v) is 2.72. The van der Waals surface area contributed by atoms with Gasteiger partial charge in [-0.3, -0.25) is 0 Å². The van der Waals surface area contributed by atoms with Gasteiger partial charge in [-0.05, 0) is 41.1 Å². The van der Waals surface area contributed by atoms with Gasteiger partial charge in [0.2, 0.25) is 0 Å². The molecule has 5 nitrogen and oxygen atoms in total. The van der Waals surface area contributed by atoms with Gasteiger partial charge in [0.25, 0.3) is 5.89 Å². The molecule has 102 valence electrons. The van der Waals surface area contributed by atoms with E-state index in [0.29, 0.717) is 28.2 Å². The van der Waals surface area contributed by atoms with E-state index in [-0.39, 0.29) is 5.75 Å². The predicted molar refractivity (Wildman–Crippen MR) is 78.8 cm³/mol. The van der Waals surface area contributed by atoms with Crippen LogP contribution in [-0.4, -0.2) is 20.2 Å². The lowest BCUT2D eigenvalue weighted by Gasteiger charge is -1.98. The van der Waals surface area contributed by atoms with E-state index < -0.39 is 0 Å². The largest absolute Gasteiger partial charge is 0.507 e. The maximum Gasteiger partial charge on any atom is 0.258 e. The smallest absolute Gasteiger partial charge is 0.258 e. The molecule has 20 heavy (non-hydrogen) atoms. The fraction of sp³-hybridized carbons (Fsp3) is 0.154. The number of phenols is 1. The monoisotopic (exact) mass is 351 g/mol. The second-order valence-corrected chi connectivity index (χ2v) is 6.04. The maximum atomic E-state index is 9.66. The Bertz CT molecular complexity index is 754. The molecule has 0 saturated heterocycles. The summed E-state index contributed by atoms with van der Waals surface area (Å²) in [4.78, 5) is 8.68. The van der Waals surface area contributed by atoms with Crippen molar-refractivity contribution in [3.8, 4) is 17.2 Å². The van der Waals surface area contributed by atoms with Gasteiger partial charge >= 0.3 is 0 Å². The van der Waals surface area contributed by atoms with Gasteiger partial charge in [0.15, 0.2) is 5.82 Å². The lowest BCUT2D eigenvalue weighted by Crippen LogP contribution is -1.90. The van der Waals surface area contributed by atoms with E-state index >= 15 is 0 Å². The lowest BCUT2D eigenvalue weighted by molar-refractivity contribution is 0.423. The highest BCUT2D eigenvalue weighted by atomic mass is 79.9. The van der Waals surface area contributed by atoms with Gasteiger partial charge < -0.3 is 9.63 Å². The van der Waals surface area contributed by atoms with Crippen LogP contribution in [0.4, 0.5) is 0 Å². The summed E-state index contributed by atoms with van der Waals surface area (Å²) in [6, 6.07) is 5.11. The molecular weight excluding hydrogens is 342 g/mol. The SMILES string of the molecule is Cc1csc(Cc2noc(-c3ccc(Br)c(O)c3)n2)n1. The summed E-state index contributed by atoms with van der Waals surface area (Å²) in [6.45, 7) is 1.95. The van der Waals surface area contributed by atoms with Crippen molar-refractivity contribution < 1.29 is 9.63 Å². The van der Waals surface area contributed by atoms with Crippen molar-refractivity contribution in [2.24, 2.45) is 0 Å². The third-order valence-electron chi connectivity index (χ3n) is 2.64. The molecule has 0 aliphatic rings. The molecule has 2 heterocycles. The Kier molecular flexibility index (Phi) is 3.54. The second-order valence-electron chi connectivity index (χ2n) is 4.24. The Morgan fingerprint density at radius 2 is 2.20 bits per heavy atom. The Morgan fingerprint density at radius 1 is 1.35 bits per heavy atom. The van der Waals surface area contributed by atoms with Gasteiger partial charge in [-0.2, -0.15) is 4.98 Å². The van der Waals surface area contributed by atoms with Gasteiger partial charge in [0.1, 0.15) is 10.8 Å². The number of thiazole rings is 1. The number of aromatic hydroxyl groups is 1. The first-order chi connectivity index (χ1) is 9.61. The molecule has 0 spiro atoms. The standard InChI is InChI=1S/C13H10BrN3O2S/c1-7-6-20-12(15-7)5-11-16-13(19-17-11)8-2-3-9(14)10(18)4-8/h2-4,6,18H,5H2,1H3. The molecule has 3 rings (SSSR count). The molecule has 0 unspecified atom stereocenters. The molecule has 0 atom stereocenters. The highest BCUT2D eigenvalue weighted by Gasteiger charge is 2.12. The van der Waals surface area contributed by atoms with E-state index in [2.05, 4.69) is 31.1 Å². The van der Waals surface area contributed by atoms with E-state index in [9.17, 15) is 5.11 Å².